The monoisotopic (exact) mass is 238 g/mol. The number of anilines is 1. The molecule has 2 rings (SSSR count). The molecular formula is C11H11FN2O3. The molecule has 1 heterocycles. The number of hydrogen-bond donors (Lipinski definition) is 1. The lowest BCUT2D eigenvalue weighted by Crippen LogP contribution is -1.94. The van der Waals surface area contributed by atoms with Crippen LogP contribution in [0, 0.1) is 5.82 Å². The second kappa shape index (κ2) is 4.32. The summed E-state index contributed by atoms with van der Waals surface area (Å²) in [6, 6.07) is 4.37. The van der Waals surface area contributed by atoms with Gasteiger partial charge in [0, 0.05) is 11.6 Å². The summed E-state index contributed by atoms with van der Waals surface area (Å²) in [5.41, 5.74) is 6.34. The van der Waals surface area contributed by atoms with E-state index in [4.69, 9.17) is 19.7 Å². The third-order valence-electron chi connectivity index (χ3n) is 2.26. The molecule has 0 spiro atoms. The Bertz CT molecular complexity index is 540. The van der Waals surface area contributed by atoms with E-state index in [1.807, 2.05) is 0 Å². The van der Waals surface area contributed by atoms with Gasteiger partial charge in [0.15, 0.2) is 17.3 Å². The Kier molecular flexibility index (Phi) is 2.86. The van der Waals surface area contributed by atoms with E-state index in [1.54, 1.807) is 6.07 Å². The summed E-state index contributed by atoms with van der Waals surface area (Å²) >= 11 is 0. The first kappa shape index (κ1) is 11.3. The first-order valence-corrected chi connectivity index (χ1v) is 4.79. The minimum absolute atomic E-state index is 0.0488. The average molecular weight is 238 g/mol. The van der Waals surface area contributed by atoms with Gasteiger partial charge in [-0.05, 0) is 12.1 Å². The van der Waals surface area contributed by atoms with Crippen molar-refractivity contribution in [3.8, 4) is 22.8 Å². The van der Waals surface area contributed by atoms with Crippen LogP contribution in [0.4, 0.5) is 10.3 Å². The Hall–Kier alpha value is -2.24. The minimum Gasteiger partial charge on any atom is -0.493 e. The molecule has 1 aromatic carbocycles. The van der Waals surface area contributed by atoms with E-state index in [0.29, 0.717) is 11.3 Å². The molecule has 0 fully saturated rings. The number of benzene rings is 1. The molecule has 0 amide bonds. The quantitative estimate of drug-likeness (QED) is 0.886. The highest BCUT2D eigenvalue weighted by Crippen LogP contribution is 2.35. The SMILES string of the molecule is COc1cc(-c2cc(N)on2)cc(F)c1OC. The standard InChI is InChI=1S/C11H11FN2O3/c1-15-9-4-6(3-7(12)11(9)16-2)8-5-10(13)17-14-8/h3-5H,13H2,1-2H3. The van der Waals surface area contributed by atoms with Gasteiger partial charge in [-0.1, -0.05) is 5.16 Å². The van der Waals surface area contributed by atoms with Gasteiger partial charge in [0.1, 0.15) is 5.69 Å². The zero-order chi connectivity index (χ0) is 12.4. The highest BCUT2D eigenvalue weighted by Gasteiger charge is 2.15. The van der Waals surface area contributed by atoms with E-state index in [9.17, 15) is 4.39 Å². The largest absolute Gasteiger partial charge is 0.493 e. The number of aromatic nitrogens is 1. The molecule has 2 aromatic rings. The molecule has 0 aliphatic rings. The van der Waals surface area contributed by atoms with Crippen LogP contribution in [-0.2, 0) is 0 Å². The Morgan fingerprint density at radius 3 is 2.53 bits per heavy atom. The van der Waals surface area contributed by atoms with Crippen molar-refractivity contribution in [1.82, 2.24) is 5.16 Å². The second-order valence-electron chi connectivity index (χ2n) is 3.31. The van der Waals surface area contributed by atoms with Gasteiger partial charge < -0.3 is 19.7 Å². The predicted octanol–water partition coefficient (Wildman–Crippen LogP) is 2.08. The van der Waals surface area contributed by atoms with Crippen molar-refractivity contribution in [3.05, 3.63) is 24.0 Å². The first-order valence-electron chi connectivity index (χ1n) is 4.79. The zero-order valence-electron chi connectivity index (χ0n) is 9.36. The highest BCUT2D eigenvalue weighted by atomic mass is 19.1. The van der Waals surface area contributed by atoms with Crippen molar-refractivity contribution >= 4 is 5.88 Å². The molecule has 5 nitrogen and oxygen atoms in total. The van der Waals surface area contributed by atoms with Gasteiger partial charge in [0.25, 0.3) is 0 Å². The molecular weight excluding hydrogens is 227 g/mol. The maximum absolute atomic E-state index is 13.7. The zero-order valence-corrected chi connectivity index (χ0v) is 9.36. The fourth-order valence-electron chi connectivity index (χ4n) is 1.49. The maximum Gasteiger partial charge on any atom is 0.222 e. The number of nitrogen functional groups attached to an aromatic ring is 1. The third kappa shape index (κ3) is 2.01. The molecule has 0 aliphatic heterocycles. The summed E-state index contributed by atoms with van der Waals surface area (Å²) in [6.07, 6.45) is 0. The number of rotatable bonds is 3. The van der Waals surface area contributed by atoms with Crippen molar-refractivity contribution in [2.45, 2.75) is 0 Å². The predicted molar refractivity (Wildman–Crippen MR) is 59.4 cm³/mol. The molecule has 0 saturated heterocycles. The number of halogens is 1. The molecule has 0 aliphatic carbocycles. The molecule has 0 radical (unpaired) electrons. The smallest absolute Gasteiger partial charge is 0.222 e. The molecule has 1 aromatic heterocycles. The lowest BCUT2D eigenvalue weighted by molar-refractivity contribution is 0.337. The van der Waals surface area contributed by atoms with Crippen LogP contribution >= 0.6 is 0 Å². The first-order chi connectivity index (χ1) is 8.15. The summed E-state index contributed by atoms with van der Waals surface area (Å²) in [6.45, 7) is 0. The number of methoxy groups -OCH3 is 2. The number of ether oxygens (including phenoxy) is 2. The summed E-state index contributed by atoms with van der Waals surface area (Å²) in [5, 5.41) is 3.69. The molecule has 6 heteroatoms. The van der Waals surface area contributed by atoms with Crippen LogP contribution in [0.3, 0.4) is 0 Å². The van der Waals surface area contributed by atoms with Crippen molar-refractivity contribution in [3.63, 3.8) is 0 Å². The van der Waals surface area contributed by atoms with Crippen molar-refractivity contribution in [1.29, 1.82) is 0 Å². The van der Waals surface area contributed by atoms with E-state index >= 15 is 0 Å². The molecule has 17 heavy (non-hydrogen) atoms. The number of nitrogens with zero attached hydrogens (tertiary/aromatic N) is 1. The second-order valence-corrected chi connectivity index (χ2v) is 3.31. The molecule has 0 unspecified atom stereocenters. The minimum atomic E-state index is -0.538. The Morgan fingerprint density at radius 2 is 2.00 bits per heavy atom. The van der Waals surface area contributed by atoms with Crippen LogP contribution in [-0.4, -0.2) is 19.4 Å². The van der Waals surface area contributed by atoms with Gasteiger partial charge >= 0.3 is 0 Å². The summed E-state index contributed by atoms with van der Waals surface area (Å²) < 4.78 is 28.3. The summed E-state index contributed by atoms with van der Waals surface area (Å²) in [4.78, 5) is 0. The van der Waals surface area contributed by atoms with Gasteiger partial charge in [-0.15, -0.1) is 0 Å². The van der Waals surface area contributed by atoms with E-state index in [2.05, 4.69) is 5.16 Å². The molecule has 2 N–H and O–H groups in total. The molecule has 90 valence electrons. The van der Waals surface area contributed by atoms with Gasteiger partial charge in [-0.2, -0.15) is 0 Å². The Labute approximate surface area is 96.9 Å². The van der Waals surface area contributed by atoms with Crippen LogP contribution in [0.5, 0.6) is 11.5 Å². The highest BCUT2D eigenvalue weighted by molar-refractivity contribution is 5.65. The van der Waals surface area contributed by atoms with Gasteiger partial charge in [-0.25, -0.2) is 4.39 Å². The van der Waals surface area contributed by atoms with Crippen LogP contribution in [0.15, 0.2) is 22.7 Å². The Morgan fingerprint density at radius 1 is 1.24 bits per heavy atom. The van der Waals surface area contributed by atoms with Crippen LogP contribution in [0.25, 0.3) is 11.3 Å². The number of nitrogens with two attached hydrogens (primary N) is 1. The fourth-order valence-corrected chi connectivity index (χ4v) is 1.49. The summed E-state index contributed by atoms with van der Waals surface area (Å²) in [7, 11) is 2.80. The lowest BCUT2D eigenvalue weighted by Gasteiger charge is -2.09. The van der Waals surface area contributed by atoms with Gasteiger partial charge in [0.2, 0.25) is 5.88 Å². The normalized spacial score (nSPS) is 10.3. The van der Waals surface area contributed by atoms with Crippen LogP contribution < -0.4 is 15.2 Å². The van der Waals surface area contributed by atoms with E-state index < -0.39 is 5.82 Å². The lowest BCUT2D eigenvalue weighted by atomic mass is 10.1. The van der Waals surface area contributed by atoms with Crippen LogP contribution in [0.2, 0.25) is 0 Å². The summed E-state index contributed by atoms with van der Waals surface area (Å²) in [5.74, 6) is -0.0459. The molecule has 0 atom stereocenters. The van der Waals surface area contributed by atoms with Crippen LogP contribution in [0.1, 0.15) is 0 Å². The molecule has 0 bridgehead atoms. The topological polar surface area (TPSA) is 70.5 Å². The maximum atomic E-state index is 13.7. The van der Waals surface area contributed by atoms with Crippen molar-refractivity contribution in [2.24, 2.45) is 0 Å². The fraction of sp³-hybridized carbons (Fsp3) is 0.182. The average Bonchev–Trinajstić information content (AvgIpc) is 2.74. The van der Waals surface area contributed by atoms with E-state index in [-0.39, 0.29) is 17.4 Å². The van der Waals surface area contributed by atoms with E-state index in [0.717, 1.165) is 0 Å². The van der Waals surface area contributed by atoms with Crippen molar-refractivity contribution < 1.29 is 18.4 Å². The van der Waals surface area contributed by atoms with Gasteiger partial charge in [-0.3, -0.25) is 0 Å². The molecule has 0 saturated carbocycles. The third-order valence-corrected chi connectivity index (χ3v) is 2.26. The van der Waals surface area contributed by atoms with E-state index in [1.165, 1.54) is 26.4 Å². The van der Waals surface area contributed by atoms with Crippen molar-refractivity contribution in [2.75, 3.05) is 20.0 Å². The number of hydrogen-bond acceptors (Lipinski definition) is 5. The Balaban J connectivity index is 2.53. The van der Waals surface area contributed by atoms with Gasteiger partial charge in [0.05, 0.1) is 14.2 Å².